The van der Waals surface area contributed by atoms with Crippen molar-refractivity contribution in [3.8, 4) is 0 Å². The van der Waals surface area contributed by atoms with Crippen LogP contribution in [-0.4, -0.2) is 4.98 Å². The second-order valence-corrected chi connectivity index (χ2v) is 4.15. The molecule has 0 radical (unpaired) electrons. The number of aromatic nitrogens is 1. The van der Waals surface area contributed by atoms with Crippen molar-refractivity contribution in [3.63, 3.8) is 0 Å². The molecule has 0 fully saturated rings. The number of rotatable bonds is 0. The lowest BCUT2D eigenvalue weighted by Gasteiger charge is -2.05. The number of aryl methyl sites for hydroxylation is 2. The summed E-state index contributed by atoms with van der Waals surface area (Å²) < 4.78 is 5.33. The van der Waals surface area contributed by atoms with E-state index in [0.717, 1.165) is 15.6 Å². The summed E-state index contributed by atoms with van der Waals surface area (Å²) in [4.78, 5) is 25.0. The van der Waals surface area contributed by atoms with Crippen LogP contribution in [0, 0.1) is 13.8 Å². The van der Waals surface area contributed by atoms with Gasteiger partial charge < -0.3 is 4.42 Å². The number of aromatic amines is 1. The molecule has 0 amide bonds. The summed E-state index contributed by atoms with van der Waals surface area (Å²) >= 11 is 3.38. The molecule has 2 aromatic rings. The van der Waals surface area contributed by atoms with E-state index in [4.69, 9.17) is 0 Å². The Morgan fingerprint density at radius 3 is 2.67 bits per heavy atom. The first-order chi connectivity index (χ1) is 7.00. The van der Waals surface area contributed by atoms with Gasteiger partial charge in [-0.05, 0) is 31.0 Å². The second kappa shape index (κ2) is 3.34. The topological polar surface area (TPSA) is 63.1 Å². The zero-order valence-corrected chi connectivity index (χ0v) is 9.77. The molecule has 15 heavy (non-hydrogen) atoms. The van der Waals surface area contributed by atoms with Gasteiger partial charge in [0, 0.05) is 4.47 Å². The van der Waals surface area contributed by atoms with E-state index in [1.165, 1.54) is 0 Å². The molecule has 0 aliphatic rings. The Bertz CT molecular complexity index is 654. The van der Waals surface area contributed by atoms with E-state index >= 15 is 0 Å². The van der Waals surface area contributed by atoms with Crippen LogP contribution in [-0.2, 0) is 0 Å². The highest BCUT2D eigenvalue weighted by atomic mass is 79.9. The summed E-state index contributed by atoms with van der Waals surface area (Å²) in [5.74, 6) is -0.728. The molecule has 0 saturated heterocycles. The van der Waals surface area contributed by atoms with E-state index in [2.05, 4.69) is 25.3 Å². The highest BCUT2D eigenvalue weighted by Gasteiger charge is 2.10. The monoisotopic (exact) mass is 269 g/mol. The van der Waals surface area contributed by atoms with Crippen LogP contribution in [0.5, 0.6) is 0 Å². The molecular weight excluding hydrogens is 262 g/mol. The predicted molar refractivity (Wildman–Crippen MR) is 60.3 cm³/mol. The molecule has 0 bridgehead atoms. The maximum Gasteiger partial charge on any atom is 0.419 e. The van der Waals surface area contributed by atoms with Gasteiger partial charge >= 0.3 is 11.4 Å². The first-order valence-corrected chi connectivity index (χ1v) is 5.13. The SMILES string of the molecule is Cc1cc2[nH]c(=O)oc(=O)c2c(C)c1Br. The largest absolute Gasteiger partial charge is 0.419 e. The standard InChI is InChI=1S/C10H8BrNO3/c1-4-3-6-7(5(2)8(4)11)9(13)15-10(14)12-6/h3H,1-2H3,(H,12,14). The van der Waals surface area contributed by atoms with Crippen molar-refractivity contribution in [1.29, 1.82) is 0 Å². The Kier molecular flexibility index (Phi) is 2.26. The van der Waals surface area contributed by atoms with E-state index in [1.807, 2.05) is 6.92 Å². The van der Waals surface area contributed by atoms with E-state index in [1.54, 1.807) is 13.0 Å². The minimum Gasteiger partial charge on any atom is -0.372 e. The van der Waals surface area contributed by atoms with Crippen molar-refractivity contribution in [2.75, 3.05) is 0 Å². The van der Waals surface area contributed by atoms with Crippen molar-refractivity contribution < 1.29 is 4.42 Å². The van der Waals surface area contributed by atoms with Crippen LogP contribution in [0.25, 0.3) is 10.9 Å². The Hall–Kier alpha value is -1.36. The van der Waals surface area contributed by atoms with Crippen LogP contribution in [0.15, 0.2) is 24.5 Å². The summed E-state index contributed by atoms with van der Waals surface area (Å²) in [6.07, 6.45) is 0. The molecule has 2 rings (SSSR count). The lowest BCUT2D eigenvalue weighted by Crippen LogP contribution is -2.15. The van der Waals surface area contributed by atoms with E-state index < -0.39 is 11.4 Å². The number of nitrogens with one attached hydrogen (secondary N) is 1. The molecule has 1 heterocycles. The Morgan fingerprint density at radius 2 is 2.00 bits per heavy atom. The van der Waals surface area contributed by atoms with Gasteiger partial charge in [-0.2, -0.15) is 0 Å². The molecule has 1 aromatic heterocycles. The van der Waals surface area contributed by atoms with E-state index in [0.29, 0.717) is 10.9 Å². The molecule has 0 aliphatic heterocycles. The van der Waals surface area contributed by atoms with Crippen LogP contribution < -0.4 is 11.4 Å². The maximum atomic E-state index is 11.5. The van der Waals surface area contributed by atoms with Gasteiger partial charge in [0.15, 0.2) is 0 Å². The van der Waals surface area contributed by atoms with Gasteiger partial charge in [0.25, 0.3) is 0 Å². The van der Waals surface area contributed by atoms with Gasteiger partial charge in [0.1, 0.15) is 0 Å². The molecule has 4 nitrogen and oxygen atoms in total. The van der Waals surface area contributed by atoms with Crippen LogP contribution in [0.1, 0.15) is 11.1 Å². The van der Waals surface area contributed by atoms with Gasteiger partial charge in [-0.1, -0.05) is 15.9 Å². The molecule has 0 aliphatic carbocycles. The zero-order valence-electron chi connectivity index (χ0n) is 8.18. The normalized spacial score (nSPS) is 10.9. The smallest absolute Gasteiger partial charge is 0.372 e. The summed E-state index contributed by atoms with van der Waals surface area (Å²) in [7, 11) is 0. The molecule has 78 valence electrons. The van der Waals surface area contributed by atoms with E-state index in [9.17, 15) is 9.59 Å². The predicted octanol–water partition coefficient (Wildman–Crippen LogP) is 1.86. The zero-order chi connectivity index (χ0) is 11.2. The van der Waals surface area contributed by atoms with Crippen molar-refractivity contribution >= 4 is 26.8 Å². The third-order valence-corrected chi connectivity index (χ3v) is 3.53. The van der Waals surface area contributed by atoms with Gasteiger partial charge in [0.05, 0.1) is 10.9 Å². The number of hydrogen-bond donors (Lipinski definition) is 1. The van der Waals surface area contributed by atoms with Gasteiger partial charge in [-0.15, -0.1) is 0 Å². The molecule has 0 saturated carbocycles. The lowest BCUT2D eigenvalue weighted by molar-refractivity contribution is 0.460. The summed E-state index contributed by atoms with van der Waals surface area (Å²) in [6.45, 7) is 3.69. The van der Waals surface area contributed by atoms with Crippen LogP contribution in [0.3, 0.4) is 0 Å². The highest BCUT2D eigenvalue weighted by molar-refractivity contribution is 9.10. The fraction of sp³-hybridized carbons (Fsp3) is 0.200. The van der Waals surface area contributed by atoms with E-state index in [-0.39, 0.29) is 0 Å². The number of halogens is 1. The fourth-order valence-corrected chi connectivity index (χ4v) is 1.90. The first kappa shape index (κ1) is 10.2. The number of fused-ring (bicyclic) bond motifs is 1. The Morgan fingerprint density at radius 1 is 1.33 bits per heavy atom. The average molecular weight is 270 g/mol. The van der Waals surface area contributed by atoms with Crippen LogP contribution in [0.4, 0.5) is 0 Å². The summed E-state index contributed by atoms with van der Waals surface area (Å²) in [5, 5.41) is 0.409. The van der Waals surface area contributed by atoms with Gasteiger partial charge in [-0.25, -0.2) is 9.59 Å². The van der Waals surface area contributed by atoms with Gasteiger partial charge in [-0.3, -0.25) is 4.98 Å². The summed E-state index contributed by atoms with van der Waals surface area (Å²) in [5.41, 5.74) is 1.64. The minimum atomic E-state index is -0.728. The van der Waals surface area contributed by atoms with Crippen molar-refractivity contribution in [1.82, 2.24) is 4.98 Å². The molecule has 0 spiro atoms. The first-order valence-electron chi connectivity index (χ1n) is 4.33. The molecule has 1 N–H and O–H groups in total. The van der Waals surface area contributed by atoms with Crippen LogP contribution >= 0.6 is 15.9 Å². The lowest BCUT2D eigenvalue weighted by atomic mass is 10.1. The number of benzene rings is 1. The molecule has 5 heteroatoms. The maximum absolute atomic E-state index is 11.5. The second-order valence-electron chi connectivity index (χ2n) is 3.36. The van der Waals surface area contributed by atoms with Crippen LogP contribution in [0.2, 0.25) is 0 Å². The fourth-order valence-electron chi connectivity index (χ4n) is 1.59. The Labute approximate surface area is 93.1 Å². The Balaban J connectivity index is 3.13. The van der Waals surface area contributed by atoms with Crippen molar-refractivity contribution in [3.05, 3.63) is 42.6 Å². The molecule has 1 aromatic carbocycles. The quantitative estimate of drug-likeness (QED) is 0.794. The molecule has 0 atom stereocenters. The number of H-pyrrole nitrogens is 1. The molecule has 0 unspecified atom stereocenters. The van der Waals surface area contributed by atoms with Crippen molar-refractivity contribution in [2.45, 2.75) is 13.8 Å². The number of hydrogen-bond acceptors (Lipinski definition) is 3. The minimum absolute atomic E-state index is 0.409. The van der Waals surface area contributed by atoms with Crippen molar-refractivity contribution in [2.24, 2.45) is 0 Å². The van der Waals surface area contributed by atoms with Gasteiger partial charge in [0.2, 0.25) is 0 Å². The summed E-state index contributed by atoms with van der Waals surface area (Å²) in [6, 6.07) is 1.74. The third kappa shape index (κ3) is 1.52. The molecular formula is C10H8BrNO3. The average Bonchev–Trinajstić information content (AvgIpc) is 2.13. The highest BCUT2D eigenvalue weighted by Crippen LogP contribution is 2.25. The third-order valence-electron chi connectivity index (χ3n) is 2.31.